The lowest BCUT2D eigenvalue weighted by molar-refractivity contribution is -0.142. The van der Waals surface area contributed by atoms with Crippen LogP contribution in [0.2, 0.25) is 0 Å². The Kier molecular flexibility index (Phi) is 30.5. The van der Waals surface area contributed by atoms with E-state index in [-0.39, 0.29) is 43.0 Å². The Balaban J connectivity index is 1.08. The molecule has 2 aliphatic heterocycles. The highest BCUT2D eigenvalue weighted by molar-refractivity contribution is 8.16. The number of carboxylic acid groups (broad SMARTS) is 1. The number of aliphatic hydroxyl groups excluding tert-OH is 1. The van der Waals surface area contributed by atoms with E-state index in [9.17, 15) is 67.7 Å². The quantitative estimate of drug-likeness (QED) is 0.0233. The molecule has 14 atom stereocenters. The molecule has 7 aromatic rings. The Labute approximate surface area is 665 Å². The molecular formula is C75H94N20O18S2. The number of carboxylic acids is 1. The number of hydrogen-bond donors (Lipinski definition) is 20. The van der Waals surface area contributed by atoms with E-state index in [1.165, 1.54) is 37.5 Å². The minimum absolute atomic E-state index is 0.0697. The van der Waals surface area contributed by atoms with Gasteiger partial charge < -0.3 is 111 Å². The molecule has 23 N–H and O–H groups in total. The number of thioether (sulfide) groups is 2. The normalized spacial score (nSPS) is 21.3. The highest BCUT2D eigenvalue weighted by Gasteiger charge is 2.42. The number of nitrogens with one attached hydrogen (secondary N) is 15. The highest BCUT2D eigenvalue weighted by atomic mass is 32.2. The Morgan fingerprint density at radius 1 is 0.565 bits per heavy atom. The summed E-state index contributed by atoms with van der Waals surface area (Å²) in [6, 6.07) is 0.502. The lowest BCUT2D eigenvalue weighted by atomic mass is 9.97. The van der Waals surface area contributed by atoms with E-state index in [1.807, 2.05) is 0 Å². The lowest BCUT2D eigenvalue weighted by Gasteiger charge is -2.30. The van der Waals surface area contributed by atoms with E-state index in [0.29, 0.717) is 44.9 Å². The van der Waals surface area contributed by atoms with Crippen LogP contribution in [0.5, 0.6) is 0 Å². The molecule has 3 aromatic carbocycles. The van der Waals surface area contributed by atoms with Crippen LogP contribution in [0.3, 0.4) is 0 Å². The molecule has 0 unspecified atom stereocenters. The second-order valence-electron chi connectivity index (χ2n) is 28.2. The molecule has 40 heteroatoms. The molecule has 9 rings (SSSR count). The fourth-order valence-electron chi connectivity index (χ4n) is 13.5. The first-order chi connectivity index (χ1) is 54.9. The summed E-state index contributed by atoms with van der Waals surface area (Å²) >= 11 is 1.78. The summed E-state index contributed by atoms with van der Waals surface area (Å²) in [6.45, 7) is 5.65. The van der Waals surface area contributed by atoms with Crippen molar-refractivity contribution in [1.29, 1.82) is 0 Å². The van der Waals surface area contributed by atoms with Gasteiger partial charge in [-0.1, -0.05) is 74.9 Å². The molecule has 2 saturated heterocycles. The van der Waals surface area contributed by atoms with E-state index < -0.39 is 223 Å². The van der Waals surface area contributed by atoms with E-state index in [1.54, 1.807) is 99.0 Å². The summed E-state index contributed by atoms with van der Waals surface area (Å²) in [4.78, 5) is 245. The van der Waals surface area contributed by atoms with Crippen molar-refractivity contribution in [3.05, 3.63) is 126 Å². The van der Waals surface area contributed by atoms with Gasteiger partial charge in [0.15, 0.2) is 0 Å². The van der Waals surface area contributed by atoms with E-state index in [2.05, 4.69) is 83.4 Å². The minimum atomic E-state index is -2.07. The molecule has 2 aliphatic rings. The maximum atomic E-state index is 15.2. The molecule has 0 spiro atoms. The number of fused-ring (bicyclic) bond motifs is 3. The molecule has 38 nitrogen and oxygen atoms in total. The molecule has 614 valence electrons. The van der Waals surface area contributed by atoms with Crippen molar-refractivity contribution in [3.63, 3.8) is 0 Å². The number of hydrogen-bond acceptors (Lipinski definition) is 20. The predicted molar refractivity (Wildman–Crippen MR) is 420 cm³/mol. The van der Waals surface area contributed by atoms with Gasteiger partial charge in [-0.2, -0.15) is 0 Å². The number of para-hydroxylation sites is 3. The number of imidazole rings is 1. The first-order valence-electron chi connectivity index (χ1n) is 37.0. The number of primary amides is 3. The molecule has 6 heterocycles. The number of nitrogens with two attached hydrogens (primary N) is 3. The van der Waals surface area contributed by atoms with E-state index in [0.717, 1.165) is 34.4 Å². The molecule has 0 saturated carbocycles. The first kappa shape index (κ1) is 86.7. The van der Waals surface area contributed by atoms with Crippen LogP contribution in [0.1, 0.15) is 88.6 Å². The second kappa shape index (κ2) is 40.4. The smallest absolute Gasteiger partial charge is 0.305 e. The van der Waals surface area contributed by atoms with Crippen LogP contribution < -0.4 is 75.7 Å². The van der Waals surface area contributed by atoms with Crippen molar-refractivity contribution in [1.82, 2.24) is 88.3 Å². The van der Waals surface area contributed by atoms with Crippen LogP contribution in [0.15, 0.2) is 104 Å². The fourth-order valence-corrected chi connectivity index (χ4v) is 15.7. The van der Waals surface area contributed by atoms with Gasteiger partial charge in [0.05, 0.1) is 31.7 Å². The summed E-state index contributed by atoms with van der Waals surface area (Å²) < 4.78 is 0. The number of likely N-dealkylation sites (tertiary alicyclic amines) is 1. The zero-order chi connectivity index (χ0) is 83.3. The van der Waals surface area contributed by atoms with Gasteiger partial charge in [-0.25, -0.2) is 4.98 Å². The van der Waals surface area contributed by atoms with Gasteiger partial charge in [0.25, 0.3) is 0 Å². The van der Waals surface area contributed by atoms with Crippen molar-refractivity contribution >= 4 is 151 Å². The minimum Gasteiger partial charge on any atom is -0.481 e. The van der Waals surface area contributed by atoms with Gasteiger partial charge in [0.1, 0.15) is 72.5 Å². The third-order valence-corrected chi connectivity index (χ3v) is 22.1. The number of H-pyrrole nitrogens is 4. The largest absolute Gasteiger partial charge is 0.481 e. The van der Waals surface area contributed by atoms with E-state index in [4.69, 9.17) is 17.2 Å². The van der Waals surface area contributed by atoms with Gasteiger partial charge in [-0.15, -0.1) is 23.5 Å². The van der Waals surface area contributed by atoms with Crippen LogP contribution in [-0.2, 0) is 102 Å². The predicted octanol–water partition coefficient (Wildman–Crippen LogP) is -2.96. The second-order valence-corrected chi connectivity index (χ2v) is 30.6. The number of aliphatic hydroxyl groups is 1. The highest BCUT2D eigenvalue weighted by Crippen LogP contribution is 2.26. The average Bonchev–Trinajstić information content (AvgIpc) is 1.77. The van der Waals surface area contributed by atoms with Crippen LogP contribution in [0.4, 0.5) is 0 Å². The molecule has 115 heavy (non-hydrogen) atoms. The number of aliphatic carboxylic acids is 1. The number of benzene rings is 3. The van der Waals surface area contributed by atoms with Crippen molar-refractivity contribution in [2.45, 2.75) is 171 Å². The summed E-state index contributed by atoms with van der Waals surface area (Å²) in [5, 5.41) is 51.0. The number of nitrogens with zero attached hydrogens (tertiary/aromatic N) is 2. The number of carbonyl (C=O) groups excluding carboxylic acids is 15. The maximum absolute atomic E-state index is 15.2. The Morgan fingerprint density at radius 3 is 1.57 bits per heavy atom. The first-order valence-corrected chi connectivity index (χ1v) is 39.3. The van der Waals surface area contributed by atoms with Crippen molar-refractivity contribution in [2.24, 2.45) is 23.1 Å². The maximum Gasteiger partial charge on any atom is 0.305 e. The molecule has 4 aromatic heterocycles. The number of rotatable bonds is 28. The third kappa shape index (κ3) is 23.6. The summed E-state index contributed by atoms with van der Waals surface area (Å²) in [5.74, 6) is -19.5. The molecule has 2 fully saturated rings. The SMILES string of the molecule is CC[C@H](C)[C@H](NC(=O)[C@@H](NC(=O)[C@H](Cc1c[nH]c2ccccc12)NC(C)=O)[C@@H](C)O)C(=O)N[C@H]1CSCSC[C@@H](C(=O)N[C@@H](Cc2c[nH]c3ccccc23)C(=O)N2CCC[C@H]2C(N)=O)NC(=O)[C@H](CC(=O)O)NC(=O)[C@H](Cc2cnc[nH]2)NC(=O)[C@H](Cc2c[nH]c3ccccc23)NC(=O)[C@H](CC(N)=O)NC(=O)[C@H](CC(N)=O)NC1=O. The number of amides is 15. The average molecular weight is 1630 g/mol. The lowest BCUT2D eigenvalue weighted by Crippen LogP contribution is -2.63. The number of aromatic amines is 4. The van der Waals surface area contributed by atoms with Gasteiger partial charge >= 0.3 is 5.97 Å². The molecule has 15 amide bonds. The topological polar surface area (TPSA) is 603 Å². The van der Waals surface area contributed by atoms with Gasteiger partial charge in [-0.3, -0.25) is 76.7 Å². The molecule has 0 bridgehead atoms. The van der Waals surface area contributed by atoms with Crippen molar-refractivity contribution in [3.8, 4) is 0 Å². The third-order valence-electron chi connectivity index (χ3n) is 19.7. The molecular weight excluding hydrogens is 1530 g/mol. The Bertz CT molecular complexity index is 4760. The zero-order valence-electron chi connectivity index (χ0n) is 63.2. The van der Waals surface area contributed by atoms with Crippen LogP contribution >= 0.6 is 23.5 Å². The van der Waals surface area contributed by atoms with Gasteiger partial charge in [-0.05, 0) is 60.6 Å². The van der Waals surface area contributed by atoms with Crippen LogP contribution in [0, 0.1) is 5.92 Å². The zero-order valence-corrected chi connectivity index (χ0v) is 64.8. The van der Waals surface area contributed by atoms with Crippen LogP contribution in [-0.4, -0.2) is 236 Å². The van der Waals surface area contributed by atoms with E-state index >= 15 is 19.2 Å². The number of carbonyl (C=O) groups is 16. The summed E-state index contributed by atoms with van der Waals surface area (Å²) in [5.41, 5.74) is 20.9. The number of aromatic nitrogens is 5. The Hall–Kier alpha value is -12.3. The fraction of sp³-hybridized carbons (Fsp3) is 0.427. The van der Waals surface area contributed by atoms with Crippen LogP contribution in [0.25, 0.3) is 32.7 Å². The van der Waals surface area contributed by atoms with Crippen molar-refractivity contribution in [2.75, 3.05) is 23.1 Å². The molecule has 0 radical (unpaired) electrons. The Morgan fingerprint density at radius 2 is 1.05 bits per heavy atom. The van der Waals surface area contributed by atoms with Gasteiger partial charge in [0.2, 0.25) is 88.6 Å². The summed E-state index contributed by atoms with van der Waals surface area (Å²) in [7, 11) is 0. The molecule has 0 aliphatic carbocycles. The van der Waals surface area contributed by atoms with Crippen molar-refractivity contribution < 1.29 is 86.9 Å². The van der Waals surface area contributed by atoms with Gasteiger partial charge in [0, 0.05) is 119 Å². The monoisotopic (exact) mass is 1630 g/mol. The standard InChI is InChI=1S/C75H94N20O18S2/c1-5-36(2)62(93-74(112)63(37(3)96)94-70(108)49(84-38(4)97)21-39-28-80-46-16-9-6-13-43(39)46)73(111)92-57-33-115-35-114-32-56(72(110)90-55(75(113)95-20-12-19-58(95)64(78)102)23-41-30-82-48-18-11-8-15-45(41)48)91-69(107)54(27-61(100)101)89-66(104)51(24-42-31-79-34-83-42)86-65(103)50(22-40-29-81-47-17-10-7-14-44(40)47)85-67(105)52(25-59(76)98)87-68(106)53(26-60(77)99)88-71(57)109/h6-11,13-18,28-31,34,36-37,49-58,62-63,80-82,96H,5,12,19-27,32-33,35H2,1-4H3,(H2,76,98)(H2,77,99)(H2,78,102)(H,79,83)(H,84,97)(H,85,105)(H,86,103)(H,87,106)(H,88,109)(H,89,104)(H,90,110)(H,91,107)(H,92,111)(H,93,112)(H,94,108)(H,100,101)/t36-,37+,49-,50-,51-,52-,53-,54-,55-,56-,57-,58-,62-,63-/m0/s1. The summed E-state index contributed by atoms with van der Waals surface area (Å²) in [6.07, 6.45) is 2.13.